The zero-order valence-corrected chi connectivity index (χ0v) is 8.78. The lowest BCUT2D eigenvalue weighted by Gasteiger charge is -2.12. The number of hydrogen-bond acceptors (Lipinski definition) is 2. The molecule has 0 radical (unpaired) electrons. The van der Waals surface area contributed by atoms with Gasteiger partial charge in [0.05, 0.1) is 12.7 Å². The number of carboxylic acid groups (broad SMARTS) is 1. The van der Waals surface area contributed by atoms with E-state index in [4.69, 9.17) is 5.11 Å². The fraction of sp³-hybridized carbons (Fsp3) is 0.182. The van der Waals surface area contributed by atoms with Crippen molar-refractivity contribution in [3.05, 3.63) is 35.4 Å². The third-order valence-electron chi connectivity index (χ3n) is 1.95. The Labute approximate surface area is 95.1 Å². The molecule has 1 rings (SSSR count). The van der Waals surface area contributed by atoms with Crippen molar-refractivity contribution in [2.24, 2.45) is 0 Å². The van der Waals surface area contributed by atoms with E-state index in [0.717, 1.165) is 25.3 Å². The molecule has 0 amide bonds. The van der Waals surface area contributed by atoms with Crippen LogP contribution in [0.3, 0.4) is 0 Å². The first-order valence-electron chi connectivity index (χ1n) is 4.51. The van der Waals surface area contributed by atoms with Gasteiger partial charge in [-0.1, -0.05) is 6.07 Å². The van der Waals surface area contributed by atoms with Crippen molar-refractivity contribution in [3.8, 4) is 5.75 Å². The summed E-state index contributed by atoms with van der Waals surface area (Å²) in [6.45, 7) is 0. The Bertz CT molecular complexity index is 450. The maximum atomic E-state index is 12.5. The number of carboxylic acids is 1. The van der Waals surface area contributed by atoms with Gasteiger partial charge in [0.1, 0.15) is 5.75 Å². The minimum absolute atomic E-state index is 0.317. The molecule has 3 nitrogen and oxygen atoms in total. The number of halogens is 3. The SMILES string of the molecule is COc1cc(/C=C/C(=O)O)ccc1C(F)(F)F. The number of ether oxygens (including phenoxy) is 1. The summed E-state index contributed by atoms with van der Waals surface area (Å²) in [5.41, 5.74) is -0.579. The van der Waals surface area contributed by atoms with E-state index in [2.05, 4.69) is 4.74 Å². The van der Waals surface area contributed by atoms with Gasteiger partial charge in [0.15, 0.2) is 0 Å². The topological polar surface area (TPSA) is 46.5 Å². The molecular formula is C11H9F3O3. The molecule has 0 aliphatic carbocycles. The number of benzene rings is 1. The Morgan fingerprint density at radius 3 is 2.53 bits per heavy atom. The highest BCUT2D eigenvalue weighted by molar-refractivity contribution is 5.85. The van der Waals surface area contributed by atoms with E-state index in [1.54, 1.807) is 0 Å². The van der Waals surface area contributed by atoms with Crippen molar-refractivity contribution in [3.63, 3.8) is 0 Å². The minimum atomic E-state index is -4.50. The first kappa shape index (κ1) is 13.1. The molecule has 1 N–H and O–H groups in total. The van der Waals surface area contributed by atoms with Gasteiger partial charge in [-0.25, -0.2) is 4.79 Å². The van der Waals surface area contributed by atoms with E-state index in [1.807, 2.05) is 0 Å². The molecule has 6 heteroatoms. The minimum Gasteiger partial charge on any atom is -0.496 e. The zero-order valence-electron chi connectivity index (χ0n) is 8.78. The van der Waals surface area contributed by atoms with E-state index >= 15 is 0 Å². The first-order valence-corrected chi connectivity index (χ1v) is 4.51. The van der Waals surface area contributed by atoms with Crippen molar-refractivity contribution >= 4 is 12.0 Å². The van der Waals surface area contributed by atoms with Gasteiger partial charge in [0.2, 0.25) is 0 Å². The predicted octanol–water partition coefficient (Wildman–Crippen LogP) is 2.81. The number of aliphatic carboxylic acids is 1. The highest BCUT2D eigenvalue weighted by Gasteiger charge is 2.34. The van der Waals surface area contributed by atoms with Crippen molar-refractivity contribution in [2.45, 2.75) is 6.18 Å². The highest BCUT2D eigenvalue weighted by Crippen LogP contribution is 2.36. The van der Waals surface area contributed by atoms with Crippen molar-refractivity contribution < 1.29 is 27.8 Å². The lowest BCUT2D eigenvalue weighted by molar-refractivity contribution is -0.138. The zero-order chi connectivity index (χ0) is 13.1. The molecule has 0 heterocycles. The van der Waals surface area contributed by atoms with Gasteiger partial charge in [0, 0.05) is 6.08 Å². The molecule has 1 aromatic carbocycles. The van der Waals surface area contributed by atoms with Crippen molar-refractivity contribution in [1.82, 2.24) is 0 Å². The van der Waals surface area contributed by atoms with Crippen LogP contribution in [0, 0.1) is 0 Å². The summed E-state index contributed by atoms with van der Waals surface area (Å²) in [5.74, 6) is -1.52. The smallest absolute Gasteiger partial charge is 0.419 e. The predicted molar refractivity (Wildman–Crippen MR) is 54.7 cm³/mol. The summed E-state index contributed by atoms with van der Waals surface area (Å²) < 4.78 is 42.1. The van der Waals surface area contributed by atoms with Crippen LogP contribution in [0.25, 0.3) is 6.08 Å². The second kappa shape index (κ2) is 4.90. The van der Waals surface area contributed by atoms with Crippen LogP contribution in [0.15, 0.2) is 24.3 Å². The summed E-state index contributed by atoms with van der Waals surface area (Å²) in [6, 6.07) is 3.15. The van der Waals surface area contributed by atoms with Crippen LogP contribution in [0.2, 0.25) is 0 Å². The van der Waals surface area contributed by atoms with Crippen molar-refractivity contribution in [2.75, 3.05) is 7.11 Å². The monoisotopic (exact) mass is 246 g/mol. The van der Waals surface area contributed by atoms with Crippen LogP contribution in [0.4, 0.5) is 13.2 Å². The van der Waals surface area contributed by atoms with Gasteiger partial charge >= 0.3 is 12.1 Å². The van der Waals surface area contributed by atoms with Crippen LogP contribution in [0.1, 0.15) is 11.1 Å². The molecule has 0 bridgehead atoms. The number of alkyl halides is 3. The summed E-state index contributed by atoms with van der Waals surface area (Å²) in [4.78, 5) is 10.3. The average molecular weight is 246 g/mol. The van der Waals surface area contributed by atoms with Crippen molar-refractivity contribution in [1.29, 1.82) is 0 Å². The molecule has 1 aromatic rings. The molecule has 0 aliphatic rings. The first-order chi connectivity index (χ1) is 7.84. The third kappa shape index (κ3) is 3.51. The Hall–Kier alpha value is -1.98. The Morgan fingerprint density at radius 2 is 2.06 bits per heavy atom. The Morgan fingerprint density at radius 1 is 1.41 bits per heavy atom. The number of methoxy groups -OCH3 is 1. The average Bonchev–Trinajstić information content (AvgIpc) is 2.24. The number of hydrogen-bond donors (Lipinski definition) is 1. The number of rotatable bonds is 3. The molecule has 0 saturated heterocycles. The van der Waals surface area contributed by atoms with E-state index in [0.29, 0.717) is 5.56 Å². The molecule has 0 unspecified atom stereocenters. The van der Waals surface area contributed by atoms with E-state index in [1.165, 1.54) is 12.1 Å². The van der Waals surface area contributed by atoms with Crippen LogP contribution in [-0.4, -0.2) is 18.2 Å². The molecule has 0 fully saturated rings. The molecule has 0 atom stereocenters. The van der Waals surface area contributed by atoms with Crippen LogP contribution >= 0.6 is 0 Å². The number of carbonyl (C=O) groups is 1. The van der Waals surface area contributed by atoms with Gasteiger partial charge in [-0.3, -0.25) is 0 Å². The standard InChI is InChI=1S/C11H9F3O3/c1-17-9-6-7(3-5-10(15)16)2-4-8(9)11(12,13)14/h2-6H,1H3,(H,15,16)/b5-3+. The molecule has 0 spiro atoms. The lowest BCUT2D eigenvalue weighted by Crippen LogP contribution is -2.07. The van der Waals surface area contributed by atoms with Gasteiger partial charge < -0.3 is 9.84 Å². The van der Waals surface area contributed by atoms with E-state index in [-0.39, 0.29) is 5.75 Å². The normalized spacial score (nSPS) is 11.8. The maximum absolute atomic E-state index is 12.5. The Balaban J connectivity index is 3.13. The maximum Gasteiger partial charge on any atom is 0.419 e. The van der Waals surface area contributed by atoms with Crippen LogP contribution in [0.5, 0.6) is 5.75 Å². The fourth-order valence-corrected chi connectivity index (χ4v) is 1.21. The lowest BCUT2D eigenvalue weighted by atomic mass is 10.1. The summed E-state index contributed by atoms with van der Waals surface area (Å²) in [7, 11) is 1.12. The molecule has 0 saturated carbocycles. The van der Waals surface area contributed by atoms with Gasteiger partial charge in [-0.15, -0.1) is 0 Å². The summed E-state index contributed by atoms with van der Waals surface area (Å²) in [5, 5.41) is 8.39. The van der Waals surface area contributed by atoms with Gasteiger partial charge in [-0.2, -0.15) is 13.2 Å². The molecular weight excluding hydrogens is 237 g/mol. The summed E-state index contributed by atoms with van der Waals surface area (Å²) in [6.07, 6.45) is -2.48. The quantitative estimate of drug-likeness (QED) is 0.834. The second-order valence-electron chi connectivity index (χ2n) is 3.13. The highest BCUT2D eigenvalue weighted by atomic mass is 19.4. The molecule has 0 aromatic heterocycles. The van der Waals surface area contributed by atoms with E-state index < -0.39 is 17.7 Å². The molecule has 17 heavy (non-hydrogen) atoms. The largest absolute Gasteiger partial charge is 0.496 e. The van der Waals surface area contributed by atoms with E-state index in [9.17, 15) is 18.0 Å². The van der Waals surface area contributed by atoms with Crippen LogP contribution < -0.4 is 4.74 Å². The summed E-state index contributed by atoms with van der Waals surface area (Å²) >= 11 is 0. The van der Waals surface area contributed by atoms with Gasteiger partial charge in [-0.05, 0) is 23.8 Å². The molecule has 0 aliphatic heterocycles. The fourth-order valence-electron chi connectivity index (χ4n) is 1.21. The third-order valence-corrected chi connectivity index (χ3v) is 1.95. The molecule has 92 valence electrons. The van der Waals surface area contributed by atoms with Crippen LogP contribution in [-0.2, 0) is 11.0 Å². The Kier molecular flexibility index (Phi) is 3.77. The van der Waals surface area contributed by atoms with Gasteiger partial charge in [0.25, 0.3) is 0 Å². The second-order valence-corrected chi connectivity index (χ2v) is 3.13.